The van der Waals surface area contributed by atoms with Crippen molar-refractivity contribution < 1.29 is 0 Å². The standard InChI is InChI=1S/C14H27N/c1-6-12(2)15(11-13-7-8-13)10-9-14(3,4)5/h6,12-13H,1,7-11H2,2-5H3. The largest absolute Gasteiger partial charge is 0.297 e. The summed E-state index contributed by atoms with van der Waals surface area (Å²) in [6, 6.07) is 0.535. The Labute approximate surface area is 95.5 Å². The smallest absolute Gasteiger partial charge is 0.0247 e. The summed E-state index contributed by atoms with van der Waals surface area (Å²) >= 11 is 0. The van der Waals surface area contributed by atoms with Gasteiger partial charge in [0.25, 0.3) is 0 Å². The van der Waals surface area contributed by atoms with Crippen molar-refractivity contribution in [3.8, 4) is 0 Å². The maximum Gasteiger partial charge on any atom is 0.0247 e. The highest BCUT2D eigenvalue weighted by Gasteiger charge is 2.26. The van der Waals surface area contributed by atoms with Crippen molar-refractivity contribution in [2.45, 2.75) is 53.0 Å². The lowest BCUT2D eigenvalue weighted by atomic mass is 9.92. The van der Waals surface area contributed by atoms with Crippen molar-refractivity contribution >= 4 is 0 Å². The van der Waals surface area contributed by atoms with E-state index in [0.29, 0.717) is 11.5 Å². The van der Waals surface area contributed by atoms with Gasteiger partial charge in [-0.15, -0.1) is 6.58 Å². The molecule has 0 aliphatic heterocycles. The van der Waals surface area contributed by atoms with E-state index in [1.165, 1.54) is 32.4 Å². The van der Waals surface area contributed by atoms with Gasteiger partial charge in [-0.1, -0.05) is 26.8 Å². The van der Waals surface area contributed by atoms with Crippen LogP contribution in [0.4, 0.5) is 0 Å². The molecule has 1 nitrogen and oxygen atoms in total. The molecule has 0 aromatic heterocycles. The predicted molar refractivity (Wildman–Crippen MR) is 68.0 cm³/mol. The van der Waals surface area contributed by atoms with Gasteiger partial charge in [0.2, 0.25) is 0 Å². The van der Waals surface area contributed by atoms with Crippen molar-refractivity contribution in [2.75, 3.05) is 13.1 Å². The second kappa shape index (κ2) is 5.16. The molecule has 0 amide bonds. The molecule has 0 radical (unpaired) electrons. The van der Waals surface area contributed by atoms with E-state index in [9.17, 15) is 0 Å². The van der Waals surface area contributed by atoms with Crippen LogP contribution in [0.2, 0.25) is 0 Å². The molecule has 1 unspecified atom stereocenters. The summed E-state index contributed by atoms with van der Waals surface area (Å²) < 4.78 is 0. The van der Waals surface area contributed by atoms with Crippen LogP contribution in [0.3, 0.4) is 0 Å². The second-order valence-corrected chi connectivity index (χ2v) is 6.23. The van der Waals surface area contributed by atoms with Gasteiger partial charge in [0.15, 0.2) is 0 Å². The zero-order valence-corrected chi connectivity index (χ0v) is 10.9. The van der Waals surface area contributed by atoms with E-state index in [0.717, 1.165) is 5.92 Å². The molecular weight excluding hydrogens is 182 g/mol. The van der Waals surface area contributed by atoms with Crippen molar-refractivity contribution in [1.29, 1.82) is 0 Å². The van der Waals surface area contributed by atoms with Crippen molar-refractivity contribution in [1.82, 2.24) is 4.90 Å². The van der Waals surface area contributed by atoms with Gasteiger partial charge in [-0.05, 0) is 44.1 Å². The van der Waals surface area contributed by atoms with E-state index in [4.69, 9.17) is 0 Å². The predicted octanol–water partition coefficient (Wildman–Crippen LogP) is 3.71. The highest BCUT2D eigenvalue weighted by atomic mass is 15.1. The maximum absolute atomic E-state index is 3.91. The molecule has 0 aromatic rings. The first-order valence-corrected chi connectivity index (χ1v) is 6.29. The SMILES string of the molecule is C=CC(C)N(CCC(C)(C)C)CC1CC1. The minimum Gasteiger partial charge on any atom is -0.297 e. The third-order valence-corrected chi connectivity index (χ3v) is 3.26. The summed E-state index contributed by atoms with van der Waals surface area (Å²) in [5.41, 5.74) is 0.447. The van der Waals surface area contributed by atoms with Crippen molar-refractivity contribution in [3.63, 3.8) is 0 Å². The second-order valence-electron chi connectivity index (χ2n) is 6.23. The van der Waals surface area contributed by atoms with Crippen LogP contribution in [0.15, 0.2) is 12.7 Å². The van der Waals surface area contributed by atoms with E-state index in [1.807, 2.05) is 0 Å². The highest BCUT2D eigenvalue weighted by Crippen LogP contribution is 2.31. The summed E-state index contributed by atoms with van der Waals surface area (Å²) in [5, 5.41) is 0. The number of hydrogen-bond donors (Lipinski definition) is 0. The highest BCUT2D eigenvalue weighted by molar-refractivity contribution is 4.88. The molecular formula is C14H27N. The van der Waals surface area contributed by atoms with Crippen molar-refractivity contribution in [3.05, 3.63) is 12.7 Å². The Morgan fingerprint density at radius 3 is 2.40 bits per heavy atom. The Bertz CT molecular complexity index is 198. The van der Waals surface area contributed by atoms with Gasteiger partial charge in [-0.25, -0.2) is 0 Å². The van der Waals surface area contributed by atoms with Crippen molar-refractivity contribution in [2.24, 2.45) is 11.3 Å². The van der Waals surface area contributed by atoms with Crippen LogP contribution in [-0.4, -0.2) is 24.0 Å². The summed E-state index contributed by atoms with van der Waals surface area (Å²) in [7, 11) is 0. The van der Waals surface area contributed by atoms with Gasteiger partial charge < -0.3 is 0 Å². The minimum absolute atomic E-state index is 0.447. The van der Waals surface area contributed by atoms with Gasteiger partial charge in [0.05, 0.1) is 0 Å². The molecule has 0 saturated heterocycles. The number of nitrogens with zero attached hydrogens (tertiary/aromatic N) is 1. The summed E-state index contributed by atoms with van der Waals surface area (Å²) in [5.74, 6) is 0.979. The third kappa shape index (κ3) is 5.36. The van der Waals surface area contributed by atoms with E-state index >= 15 is 0 Å². The molecule has 0 bridgehead atoms. The molecule has 0 heterocycles. The molecule has 1 saturated carbocycles. The average Bonchev–Trinajstić information content (AvgIpc) is 2.93. The molecule has 1 fully saturated rings. The van der Waals surface area contributed by atoms with Gasteiger partial charge in [-0.2, -0.15) is 0 Å². The van der Waals surface area contributed by atoms with Crippen LogP contribution in [0.5, 0.6) is 0 Å². The lowest BCUT2D eigenvalue weighted by molar-refractivity contribution is 0.196. The Balaban J connectivity index is 2.36. The minimum atomic E-state index is 0.447. The van der Waals surface area contributed by atoms with Gasteiger partial charge in [0.1, 0.15) is 0 Å². The first-order valence-electron chi connectivity index (χ1n) is 6.29. The van der Waals surface area contributed by atoms with Gasteiger partial charge >= 0.3 is 0 Å². The Morgan fingerprint density at radius 2 is 2.00 bits per heavy atom. The summed E-state index contributed by atoms with van der Waals surface area (Å²) in [6.07, 6.45) is 6.23. The third-order valence-electron chi connectivity index (χ3n) is 3.26. The first kappa shape index (κ1) is 12.8. The molecule has 1 rings (SSSR count). The fourth-order valence-electron chi connectivity index (χ4n) is 1.72. The van der Waals surface area contributed by atoms with Gasteiger partial charge in [-0.3, -0.25) is 4.90 Å². The topological polar surface area (TPSA) is 3.24 Å². The van der Waals surface area contributed by atoms with Crippen LogP contribution in [0, 0.1) is 11.3 Å². The van der Waals surface area contributed by atoms with E-state index in [1.54, 1.807) is 0 Å². The lowest BCUT2D eigenvalue weighted by Gasteiger charge is -2.30. The summed E-state index contributed by atoms with van der Waals surface area (Å²) in [4.78, 5) is 2.59. The van der Waals surface area contributed by atoms with E-state index in [2.05, 4.69) is 45.2 Å². The lowest BCUT2D eigenvalue weighted by Crippen LogP contribution is -2.35. The maximum atomic E-state index is 3.91. The Hall–Kier alpha value is -0.300. The molecule has 0 N–H and O–H groups in total. The number of rotatable bonds is 6. The fraction of sp³-hybridized carbons (Fsp3) is 0.857. The van der Waals surface area contributed by atoms with Crippen LogP contribution >= 0.6 is 0 Å². The van der Waals surface area contributed by atoms with E-state index < -0.39 is 0 Å². The van der Waals surface area contributed by atoms with Crippen LogP contribution in [0.25, 0.3) is 0 Å². The quantitative estimate of drug-likeness (QED) is 0.603. The Morgan fingerprint density at radius 1 is 1.40 bits per heavy atom. The molecule has 15 heavy (non-hydrogen) atoms. The average molecular weight is 209 g/mol. The molecule has 88 valence electrons. The zero-order valence-electron chi connectivity index (χ0n) is 10.9. The first-order chi connectivity index (χ1) is 6.92. The monoisotopic (exact) mass is 209 g/mol. The molecule has 0 aromatic carbocycles. The van der Waals surface area contributed by atoms with Crippen LogP contribution in [-0.2, 0) is 0 Å². The van der Waals surface area contributed by atoms with E-state index in [-0.39, 0.29) is 0 Å². The molecule has 1 atom stereocenters. The Kier molecular flexibility index (Phi) is 4.39. The normalized spacial score (nSPS) is 19.3. The summed E-state index contributed by atoms with van der Waals surface area (Å²) in [6.45, 7) is 15.6. The molecule has 1 aliphatic rings. The van der Waals surface area contributed by atoms with Crippen LogP contribution in [0.1, 0.15) is 47.0 Å². The van der Waals surface area contributed by atoms with Gasteiger partial charge in [0, 0.05) is 12.6 Å². The number of hydrogen-bond acceptors (Lipinski definition) is 1. The fourth-order valence-corrected chi connectivity index (χ4v) is 1.72. The zero-order chi connectivity index (χ0) is 11.5. The molecule has 0 spiro atoms. The molecule has 1 aliphatic carbocycles. The molecule has 1 heteroatoms. The van der Waals surface area contributed by atoms with Crippen LogP contribution < -0.4 is 0 Å².